The van der Waals surface area contributed by atoms with Gasteiger partial charge in [-0.3, -0.25) is 4.79 Å². The van der Waals surface area contributed by atoms with Crippen LogP contribution in [0.3, 0.4) is 0 Å². The number of amides is 1. The summed E-state index contributed by atoms with van der Waals surface area (Å²) in [5.74, 6) is 0.626. The van der Waals surface area contributed by atoms with Gasteiger partial charge in [0.1, 0.15) is 0 Å². The van der Waals surface area contributed by atoms with Crippen LogP contribution < -0.4 is 10.1 Å². The van der Waals surface area contributed by atoms with Crippen molar-refractivity contribution in [3.8, 4) is 11.5 Å². The topological polar surface area (TPSA) is 71.5 Å². The zero-order valence-corrected chi connectivity index (χ0v) is 14.2. The monoisotopic (exact) mass is 332 g/mol. The number of carbonyl (C=O) groups is 1. The molecule has 2 aromatic rings. The molecule has 122 valence electrons. The van der Waals surface area contributed by atoms with Crippen LogP contribution in [0, 0.1) is 0 Å². The molecule has 1 aromatic heterocycles. The lowest BCUT2D eigenvalue weighted by Crippen LogP contribution is -2.20. The number of phenols is 1. The van der Waals surface area contributed by atoms with E-state index in [9.17, 15) is 9.90 Å². The summed E-state index contributed by atoms with van der Waals surface area (Å²) in [5.41, 5.74) is 1.58. The molecule has 2 N–H and O–H groups in total. The van der Waals surface area contributed by atoms with Gasteiger partial charge in [-0.25, -0.2) is 4.98 Å². The van der Waals surface area contributed by atoms with E-state index < -0.39 is 0 Å². The van der Waals surface area contributed by atoms with Gasteiger partial charge in [0.15, 0.2) is 11.5 Å². The fraction of sp³-hybridized carbons (Fsp3) is 0.294. The number of aromatic nitrogens is 1. The molecular formula is C17H20N2O3S. The van der Waals surface area contributed by atoms with E-state index in [1.807, 2.05) is 5.38 Å². The van der Waals surface area contributed by atoms with Gasteiger partial charge in [0.2, 0.25) is 5.91 Å². The number of carbonyl (C=O) groups excluding carboxylic acids is 1. The van der Waals surface area contributed by atoms with Gasteiger partial charge in [0.25, 0.3) is 0 Å². The lowest BCUT2D eigenvalue weighted by molar-refractivity contribution is -0.116. The van der Waals surface area contributed by atoms with E-state index in [0.29, 0.717) is 23.8 Å². The van der Waals surface area contributed by atoms with Crippen molar-refractivity contribution in [2.45, 2.75) is 26.3 Å². The third kappa shape index (κ3) is 4.82. The molecule has 1 amide bonds. The number of hydrogen-bond acceptors (Lipinski definition) is 5. The fourth-order valence-electron chi connectivity index (χ4n) is 1.89. The van der Waals surface area contributed by atoms with Gasteiger partial charge in [0, 0.05) is 17.4 Å². The largest absolute Gasteiger partial charge is 0.504 e. The molecule has 0 fully saturated rings. The molecule has 0 saturated heterocycles. The minimum Gasteiger partial charge on any atom is -0.504 e. The van der Waals surface area contributed by atoms with Crippen molar-refractivity contribution >= 4 is 23.3 Å². The molecule has 0 radical (unpaired) electrons. The molecule has 0 spiro atoms. The second-order valence-corrected chi connectivity index (χ2v) is 6.20. The maximum Gasteiger partial charge on any atom is 0.244 e. The van der Waals surface area contributed by atoms with Gasteiger partial charge < -0.3 is 15.2 Å². The molecule has 0 unspecified atom stereocenters. The Bertz CT molecular complexity index is 708. The Hall–Kier alpha value is -2.34. The Morgan fingerprint density at radius 2 is 2.26 bits per heavy atom. The molecule has 2 rings (SSSR count). The van der Waals surface area contributed by atoms with Gasteiger partial charge in [-0.05, 0) is 23.8 Å². The minimum atomic E-state index is -0.209. The first-order valence-corrected chi connectivity index (χ1v) is 8.14. The van der Waals surface area contributed by atoms with Gasteiger partial charge >= 0.3 is 0 Å². The van der Waals surface area contributed by atoms with Crippen LogP contribution in [-0.4, -0.2) is 23.1 Å². The highest BCUT2D eigenvalue weighted by Crippen LogP contribution is 2.26. The maximum atomic E-state index is 11.8. The lowest BCUT2D eigenvalue weighted by Gasteiger charge is -2.03. The number of nitrogens with one attached hydrogen (secondary N) is 1. The molecule has 0 aliphatic rings. The number of rotatable bonds is 6. The van der Waals surface area contributed by atoms with Crippen molar-refractivity contribution in [1.82, 2.24) is 10.3 Å². The molecule has 1 aromatic carbocycles. The van der Waals surface area contributed by atoms with Crippen LogP contribution in [0.5, 0.6) is 11.5 Å². The number of hydrogen-bond donors (Lipinski definition) is 2. The number of ether oxygens (including phenoxy) is 1. The molecule has 23 heavy (non-hydrogen) atoms. The molecule has 5 nitrogen and oxygen atoms in total. The van der Waals surface area contributed by atoms with Crippen molar-refractivity contribution in [3.05, 3.63) is 45.9 Å². The standard InChI is InChI=1S/C17H20N2O3S/c1-11(2)17-19-13(10-23-17)9-18-16(21)7-5-12-4-6-15(22-3)14(20)8-12/h4-8,10-11,20H,9H2,1-3H3,(H,18,21)/b7-5+. The molecular weight excluding hydrogens is 312 g/mol. The summed E-state index contributed by atoms with van der Waals surface area (Å²) in [5, 5.41) is 15.5. The highest BCUT2D eigenvalue weighted by molar-refractivity contribution is 7.09. The third-order valence-corrected chi connectivity index (χ3v) is 4.33. The van der Waals surface area contributed by atoms with Crippen LogP contribution in [0.15, 0.2) is 29.7 Å². The highest BCUT2D eigenvalue weighted by atomic mass is 32.1. The second-order valence-electron chi connectivity index (χ2n) is 5.31. The van der Waals surface area contributed by atoms with Crippen LogP contribution >= 0.6 is 11.3 Å². The number of benzene rings is 1. The van der Waals surface area contributed by atoms with Crippen LogP contribution in [0.1, 0.15) is 36.0 Å². The molecule has 6 heteroatoms. The second kappa shape index (κ2) is 7.78. The van der Waals surface area contributed by atoms with E-state index in [-0.39, 0.29) is 11.7 Å². The van der Waals surface area contributed by atoms with Crippen molar-refractivity contribution in [2.75, 3.05) is 7.11 Å². The summed E-state index contributed by atoms with van der Waals surface area (Å²) in [6.07, 6.45) is 3.06. The summed E-state index contributed by atoms with van der Waals surface area (Å²) >= 11 is 1.60. The predicted molar refractivity (Wildman–Crippen MR) is 91.7 cm³/mol. The SMILES string of the molecule is COc1ccc(/C=C/C(=O)NCc2csc(C(C)C)n2)cc1O. The van der Waals surface area contributed by atoms with Crippen LogP contribution in [0.25, 0.3) is 6.08 Å². The maximum absolute atomic E-state index is 11.8. The smallest absolute Gasteiger partial charge is 0.244 e. The Morgan fingerprint density at radius 3 is 2.87 bits per heavy atom. The van der Waals surface area contributed by atoms with E-state index in [1.54, 1.807) is 29.5 Å². The average Bonchev–Trinajstić information content (AvgIpc) is 3.00. The fourth-order valence-corrected chi connectivity index (χ4v) is 2.72. The Labute approximate surface area is 139 Å². The lowest BCUT2D eigenvalue weighted by atomic mass is 10.2. The molecule has 0 aliphatic carbocycles. The minimum absolute atomic E-state index is 0.0405. The van der Waals surface area contributed by atoms with E-state index in [1.165, 1.54) is 19.3 Å². The van der Waals surface area contributed by atoms with Crippen LogP contribution in [0.4, 0.5) is 0 Å². The first-order valence-electron chi connectivity index (χ1n) is 7.27. The molecule has 0 bridgehead atoms. The molecule has 0 atom stereocenters. The van der Waals surface area contributed by atoms with Crippen molar-refractivity contribution in [3.63, 3.8) is 0 Å². The Kier molecular flexibility index (Phi) is 5.76. The normalized spacial score (nSPS) is 11.1. The van der Waals surface area contributed by atoms with Gasteiger partial charge in [-0.15, -0.1) is 11.3 Å². The number of phenolic OH excluding ortho intramolecular Hbond substituents is 1. The number of aromatic hydroxyl groups is 1. The van der Waals surface area contributed by atoms with Crippen molar-refractivity contribution in [2.24, 2.45) is 0 Å². The number of methoxy groups -OCH3 is 1. The van der Waals surface area contributed by atoms with E-state index in [2.05, 4.69) is 24.1 Å². The average molecular weight is 332 g/mol. The van der Waals surface area contributed by atoms with Gasteiger partial charge in [-0.2, -0.15) is 0 Å². The van der Waals surface area contributed by atoms with Gasteiger partial charge in [0.05, 0.1) is 24.4 Å². The van der Waals surface area contributed by atoms with E-state index in [0.717, 1.165) is 10.7 Å². The predicted octanol–water partition coefficient (Wildman–Crippen LogP) is 3.31. The van der Waals surface area contributed by atoms with Crippen molar-refractivity contribution < 1.29 is 14.6 Å². The summed E-state index contributed by atoms with van der Waals surface area (Å²) in [6, 6.07) is 4.95. The van der Waals surface area contributed by atoms with Crippen LogP contribution in [-0.2, 0) is 11.3 Å². The summed E-state index contributed by atoms with van der Waals surface area (Å²) in [6.45, 7) is 4.59. The number of nitrogens with zero attached hydrogens (tertiary/aromatic N) is 1. The van der Waals surface area contributed by atoms with E-state index in [4.69, 9.17) is 4.74 Å². The Morgan fingerprint density at radius 1 is 1.48 bits per heavy atom. The first-order chi connectivity index (χ1) is 11.0. The highest BCUT2D eigenvalue weighted by Gasteiger charge is 2.06. The summed E-state index contributed by atoms with van der Waals surface area (Å²) < 4.78 is 4.97. The molecule has 0 saturated carbocycles. The summed E-state index contributed by atoms with van der Waals surface area (Å²) in [4.78, 5) is 16.3. The summed E-state index contributed by atoms with van der Waals surface area (Å²) in [7, 11) is 1.49. The van der Waals surface area contributed by atoms with E-state index >= 15 is 0 Å². The van der Waals surface area contributed by atoms with Crippen LogP contribution in [0.2, 0.25) is 0 Å². The third-order valence-electron chi connectivity index (χ3n) is 3.14. The quantitative estimate of drug-likeness (QED) is 0.796. The van der Waals surface area contributed by atoms with Gasteiger partial charge in [-0.1, -0.05) is 19.9 Å². The number of thiazole rings is 1. The molecule has 1 heterocycles. The van der Waals surface area contributed by atoms with Crippen molar-refractivity contribution in [1.29, 1.82) is 0 Å². The molecule has 0 aliphatic heterocycles. The first kappa shape index (κ1) is 17.0. The zero-order valence-electron chi connectivity index (χ0n) is 13.4. The Balaban J connectivity index is 1.89. The zero-order chi connectivity index (χ0) is 16.8.